The average Bonchev–Trinajstić information content (AvgIpc) is 3.46. The highest BCUT2D eigenvalue weighted by atomic mass is 16.7. The van der Waals surface area contributed by atoms with E-state index < -0.39 is 67.3 Å². The molecule has 0 radical (unpaired) electrons. The zero-order chi connectivity index (χ0) is 58.9. The lowest BCUT2D eigenvalue weighted by Crippen LogP contribution is -2.61. The molecule has 1 rings (SSSR count). The summed E-state index contributed by atoms with van der Waals surface area (Å²) in [7, 11) is 0. The zero-order valence-corrected chi connectivity index (χ0v) is 51.0. The summed E-state index contributed by atoms with van der Waals surface area (Å²) in [4.78, 5) is 51.3. The number of esters is 3. The van der Waals surface area contributed by atoms with Gasteiger partial charge in [-0.05, 0) is 116 Å². The van der Waals surface area contributed by atoms with E-state index in [1.165, 1.54) is 51.4 Å². The number of aliphatic hydroxyl groups is 2. The van der Waals surface area contributed by atoms with Crippen LogP contribution in [-0.4, -0.2) is 89.2 Å². The first kappa shape index (κ1) is 74.7. The molecular formula is C69H114O12. The summed E-state index contributed by atoms with van der Waals surface area (Å²) in [5.74, 6) is -3.16. The van der Waals surface area contributed by atoms with Crippen LogP contribution in [0.15, 0.2) is 97.2 Å². The SMILES string of the molecule is CC/C=C\C/C=C\C/C=C\C/C=C\CCCCCCCCC(=O)OCC(COC1OC(C(=O)O)C(O)C(O)C1OC(=O)CCCCCCC/C=C\C/C=C\CCC)OC(=O)CCCCCCCCCCC/C=C\C/C=C\CCCCC. The fourth-order valence-electron chi connectivity index (χ4n) is 9.19. The molecule has 6 atom stereocenters. The highest BCUT2D eigenvalue weighted by Gasteiger charge is 2.50. The summed E-state index contributed by atoms with van der Waals surface area (Å²) in [6, 6.07) is 0. The van der Waals surface area contributed by atoms with E-state index in [-0.39, 0.29) is 25.9 Å². The normalized spacial score (nSPS) is 18.4. The molecule has 81 heavy (non-hydrogen) atoms. The van der Waals surface area contributed by atoms with Gasteiger partial charge in [-0.15, -0.1) is 0 Å². The second kappa shape index (κ2) is 56.1. The number of allylic oxidation sites excluding steroid dienone is 16. The van der Waals surface area contributed by atoms with Crippen molar-refractivity contribution in [1.29, 1.82) is 0 Å². The van der Waals surface area contributed by atoms with Crippen LogP contribution in [0.1, 0.15) is 265 Å². The van der Waals surface area contributed by atoms with E-state index in [2.05, 4.69) is 118 Å². The van der Waals surface area contributed by atoms with Crippen molar-refractivity contribution in [2.24, 2.45) is 0 Å². The van der Waals surface area contributed by atoms with E-state index >= 15 is 0 Å². The standard InChI is InChI=1S/C69H114O12/c1-4-7-10-13-16-19-22-25-27-29-31-33-35-38-40-43-46-49-52-55-61(70)77-58-60(79-62(71)56-53-50-47-44-42-39-36-34-32-30-28-26-23-20-17-14-11-8-5-2)59-78-69-67(65(74)64(73)66(81-69)68(75)76)80-63(72)57-54-51-48-45-41-37-24-21-18-15-12-9-6-3/h7,10,12,15-17,19-21,24-28,31,33,60,64-67,69,73-74H,4-6,8-9,11,13-14,18,22-23,29-30,32,34-59H2,1-3H3,(H,75,76)/b10-7-,15-12-,19-16-,20-17-,24-21-,27-25-,28-26-,33-31-. The number of rotatable bonds is 54. The van der Waals surface area contributed by atoms with Crippen molar-refractivity contribution < 1.29 is 58.2 Å². The number of hydrogen-bond donors (Lipinski definition) is 3. The fourth-order valence-corrected chi connectivity index (χ4v) is 9.19. The van der Waals surface area contributed by atoms with Gasteiger partial charge < -0.3 is 39.0 Å². The minimum absolute atomic E-state index is 0.0389. The van der Waals surface area contributed by atoms with Gasteiger partial charge in [0.15, 0.2) is 24.6 Å². The number of ether oxygens (including phenoxy) is 5. The Bertz CT molecular complexity index is 1780. The molecule has 462 valence electrons. The third-order valence-corrected chi connectivity index (χ3v) is 14.1. The van der Waals surface area contributed by atoms with Gasteiger partial charge in [0, 0.05) is 19.3 Å². The van der Waals surface area contributed by atoms with E-state index in [1.54, 1.807) is 0 Å². The molecule has 0 saturated carbocycles. The molecule has 0 aliphatic carbocycles. The molecule has 0 bridgehead atoms. The van der Waals surface area contributed by atoms with E-state index in [4.69, 9.17) is 23.7 Å². The molecule has 1 heterocycles. The lowest BCUT2D eigenvalue weighted by molar-refractivity contribution is -0.301. The van der Waals surface area contributed by atoms with Crippen molar-refractivity contribution >= 4 is 23.9 Å². The molecular weight excluding hydrogens is 1020 g/mol. The maximum atomic E-state index is 13.2. The summed E-state index contributed by atoms with van der Waals surface area (Å²) in [5.41, 5.74) is 0. The molecule has 1 aliphatic rings. The first-order valence-corrected chi connectivity index (χ1v) is 32.2. The van der Waals surface area contributed by atoms with Crippen molar-refractivity contribution in [3.63, 3.8) is 0 Å². The van der Waals surface area contributed by atoms with Gasteiger partial charge in [0.1, 0.15) is 18.8 Å². The van der Waals surface area contributed by atoms with Crippen molar-refractivity contribution in [3.05, 3.63) is 97.2 Å². The van der Waals surface area contributed by atoms with Gasteiger partial charge in [-0.3, -0.25) is 14.4 Å². The maximum absolute atomic E-state index is 13.2. The number of aliphatic hydroxyl groups excluding tert-OH is 2. The number of hydrogen-bond acceptors (Lipinski definition) is 11. The van der Waals surface area contributed by atoms with Crippen LogP contribution in [0.2, 0.25) is 0 Å². The summed E-state index contributed by atoms with van der Waals surface area (Å²) in [5, 5.41) is 31.6. The number of carboxylic acids is 1. The minimum atomic E-state index is -1.91. The number of aliphatic carboxylic acids is 1. The first-order chi connectivity index (χ1) is 39.6. The van der Waals surface area contributed by atoms with Gasteiger partial charge in [-0.2, -0.15) is 0 Å². The lowest BCUT2D eigenvalue weighted by Gasteiger charge is -2.40. The molecule has 0 aromatic carbocycles. The molecule has 12 nitrogen and oxygen atoms in total. The molecule has 1 aliphatic heterocycles. The van der Waals surface area contributed by atoms with Crippen LogP contribution in [0, 0.1) is 0 Å². The number of unbranched alkanes of at least 4 members (excludes halogenated alkanes) is 24. The smallest absolute Gasteiger partial charge is 0.335 e. The minimum Gasteiger partial charge on any atom is -0.479 e. The van der Waals surface area contributed by atoms with Gasteiger partial charge in [0.25, 0.3) is 0 Å². The van der Waals surface area contributed by atoms with Crippen molar-refractivity contribution in [3.8, 4) is 0 Å². The number of carboxylic acid groups (broad SMARTS) is 1. The summed E-state index contributed by atoms with van der Waals surface area (Å²) < 4.78 is 28.5. The predicted molar refractivity (Wildman–Crippen MR) is 331 cm³/mol. The van der Waals surface area contributed by atoms with Gasteiger partial charge in [0.2, 0.25) is 0 Å². The molecule has 12 heteroatoms. The Morgan fingerprint density at radius 1 is 0.420 bits per heavy atom. The Hall–Kier alpha value is -4.36. The quantitative estimate of drug-likeness (QED) is 0.0228. The zero-order valence-electron chi connectivity index (χ0n) is 51.0. The topological polar surface area (TPSA) is 175 Å². The maximum Gasteiger partial charge on any atom is 0.335 e. The van der Waals surface area contributed by atoms with Crippen LogP contribution in [0.3, 0.4) is 0 Å². The van der Waals surface area contributed by atoms with Gasteiger partial charge in [-0.1, -0.05) is 227 Å². The van der Waals surface area contributed by atoms with E-state index in [1.807, 2.05) is 0 Å². The molecule has 0 amide bonds. The highest BCUT2D eigenvalue weighted by molar-refractivity contribution is 5.74. The molecule has 1 fully saturated rings. The Kier molecular flexibility index (Phi) is 51.7. The monoisotopic (exact) mass is 1130 g/mol. The van der Waals surface area contributed by atoms with Crippen molar-refractivity contribution in [2.75, 3.05) is 13.2 Å². The number of carbonyl (C=O) groups is 4. The van der Waals surface area contributed by atoms with Crippen molar-refractivity contribution in [2.45, 2.75) is 302 Å². The number of carbonyl (C=O) groups excluding carboxylic acids is 3. The summed E-state index contributed by atoms with van der Waals surface area (Å²) in [6.45, 7) is 5.78. The van der Waals surface area contributed by atoms with Gasteiger partial charge >= 0.3 is 23.9 Å². The van der Waals surface area contributed by atoms with Crippen LogP contribution < -0.4 is 0 Å². The summed E-state index contributed by atoms with van der Waals surface area (Å²) >= 11 is 0. The molecule has 0 spiro atoms. The molecule has 0 aromatic heterocycles. The molecule has 3 N–H and O–H groups in total. The fraction of sp³-hybridized carbons (Fsp3) is 0.710. The van der Waals surface area contributed by atoms with Crippen LogP contribution >= 0.6 is 0 Å². The van der Waals surface area contributed by atoms with Crippen LogP contribution in [0.4, 0.5) is 0 Å². The van der Waals surface area contributed by atoms with Gasteiger partial charge in [-0.25, -0.2) is 4.79 Å². The van der Waals surface area contributed by atoms with Crippen molar-refractivity contribution in [1.82, 2.24) is 0 Å². The average molecular weight is 1140 g/mol. The van der Waals surface area contributed by atoms with E-state index in [9.17, 15) is 34.5 Å². The Labute approximate surface area is 492 Å². The van der Waals surface area contributed by atoms with Crippen LogP contribution in [0.25, 0.3) is 0 Å². The lowest BCUT2D eigenvalue weighted by atomic mass is 9.98. The van der Waals surface area contributed by atoms with E-state index in [0.29, 0.717) is 19.3 Å². The molecule has 0 aromatic rings. The highest BCUT2D eigenvalue weighted by Crippen LogP contribution is 2.26. The van der Waals surface area contributed by atoms with Crippen LogP contribution in [0.5, 0.6) is 0 Å². The Morgan fingerprint density at radius 3 is 1.23 bits per heavy atom. The largest absolute Gasteiger partial charge is 0.479 e. The molecule has 6 unspecified atom stereocenters. The van der Waals surface area contributed by atoms with Gasteiger partial charge in [0.05, 0.1) is 6.61 Å². The third-order valence-electron chi connectivity index (χ3n) is 14.1. The second-order valence-electron chi connectivity index (χ2n) is 21.7. The summed E-state index contributed by atoms with van der Waals surface area (Å²) in [6.07, 6.45) is 62.2. The first-order valence-electron chi connectivity index (χ1n) is 32.2. The van der Waals surface area contributed by atoms with Crippen LogP contribution in [-0.2, 0) is 42.9 Å². The predicted octanol–water partition coefficient (Wildman–Crippen LogP) is 17.2. The Balaban J connectivity index is 2.68. The molecule has 1 saturated heterocycles. The second-order valence-corrected chi connectivity index (χ2v) is 21.7. The Morgan fingerprint density at radius 2 is 0.802 bits per heavy atom. The third kappa shape index (κ3) is 45.8. The van der Waals surface area contributed by atoms with E-state index in [0.717, 1.165) is 154 Å².